The first-order valence-electron chi connectivity index (χ1n) is 19.4. The lowest BCUT2D eigenvalue weighted by molar-refractivity contribution is 0.487. The Morgan fingerprint density at radius 3 is 2.02 bits per heavy atom. The molecule has 0 N–H and O–H groups in total. The van der Waals surface area contributed by atoms with Gasteiger partial charge in [0.15, 0.2) is 0 Å². The zero-order valence-corrected chi connectivity index (χ0v) is 31.1. The van der Waals surface area contributed by atoms with Crippen LogP contribution in [0, 0.1) is 0 Å². The number of hydrogen-bond acceptors (Lipinski definition) is 2. The van der Waals surface area contributed by atoms with Crippen LogP contribution < -0.4 is 9.64 Å². The third-order valence-corrected chi connectivity index (χ3v) is 12.4. The summed E-state index contributed by atoms with van der Waals surface area (Å²) in [6.07, 6.45) is 0. The van der Waals surface area contributed by atoms with Gasteiger partial charge in [-0.2, -0.15) is 0 Å². The van der Waals surface area contributed by atoms with Crippen LogP contribution in [0.4, 0.5) is 17.1 Å². The summed E-state index contributed by atoms with van der Waals surface area (Å²) in [7, 11) is 0. The average molecular weight is 717 g/mol. The normalized spacial score (nSPS) is 13.5. The highest BCUT2D eigenvalue weighted by Gasteiger charge is 2.36. The van der Waals surface area contributed by atoms with E-state index in [1.165, 1.54) is 66.1 Å². The topological polar surface area (TPSA) is 17.4 Å². The van der Waals surface area contributed by atoms with E-state index < -0.39 is 0 Å². The zero-order valence-electron chi connectivity index (χ0n) is 31.1. The Hall–Kier alpha value is -7.10. The van der Waals surface area contributed by atoms with Crippen LogP contribution in [-0.2, 0) is 5.41 Å². The van der Waals surface area contributed by atoms with Gasteiger partial charge < -0.3 is 14.2 Å². The number of aromatic nitrogens is 1. The highest BCUT2D eigenvalue weighted by molar-refractivity contribution is 6.14. The third-order valence-electron chi connectivity index (χ3n) is 12.4. The van der Waals surface area contributed by atoms with Crippen LogP contribution in [0.5, 0.6) is 11.5 Å². The van der Waals surface area contributed by atoms with E-state index in [4.69, 9.17) is 4.74 Å². The second kappa shape index (κ2) is 11.5. The second-order valence-electron chi connectivity index (χ2n) is 15.7. The summed E-state index contributed by atoms with van der Waals surface area (Å²) in [4.78, 5) is 2.47. The Bertz CT molecular complexity index is 3270. The molecule has 3 heteroatoms. The number of fused-ring (bicyclic) bond motifs is 9. The molecule has 0 bridgehead atoms. The van der Waals surface area contributed by atoms with Gasteiger partial charge in [-0.05, 0) is 87.8 Å². The van der Waals surface area contributed by atoms with Gasteiger partial charge >= 0.3 is 0 Å². The summed E-state index contributed by atoms with van der Waals surface area (Å²) in [6, 6.07) is 66.5. The molecule has 0 radical (unpaired) electrons. The molecule has 264 valence electrons. The molecule has 0 amide bonds. The smallest absolute Gasteiger partial charge is 0.135 e. The summed E-state index contributed by atoms with van der Waals surface area (Å²) < 4.78 is 9.05. The molecule has 2 aliphatic rings. The first-order chi connectivity index (χ1) is 27.5. The molecule has 12 rings (SSSR count). The van der Waals surface area contributed by atoms with Gasteiger partial charge in [-0.1, -0.05) is 141 Å². The van der Waals surface area contributed by atoms with Gasteiger partial charge in [0.25, 0.3) is 0 Å². The summed E-state index contributed by atoms with van der Waals surface area (Å²) in [5.41, 5.74) is 14.4. The van der Waals surface area contributed by atoms with E-state index in [9.17, 15) is 0 Å². The first-order valence-corrected chi connectivity index (χ1v) is 19.4. The van der Waals surface area contributed by atoms with Crippen molar-refractivity contribution in [1.82, 2.24) is 4.57 Å². The highest BCUT2D eigenvalue weighted by atomic mass is 16.5. The quantitative estimate of drug-likeness (QED) is 0.180. The largest absolute Gasteiger partial charge is 0.456 e. The van der Waals surface area contributed by atoms with Gasteiger partial charge in [-0.25, -0.2) is 0 Å². The van der Waals surface area contributed by atoms with E-state index in [1.807, 2.05) is 6.07 Å². The van der Waals surface area contributed by atoms with Gasteiger partial charge in [0, 0.05) is 49.3 Å². The predicted molar refractivity (Wildman–Crippen MR) is 234 cm³/mol. The predicted octanol–water partition coefficient (Wildman–Crippen LogP) is 14.6. The lowest BCUT2D eigenvalue weighted by Crippen LogP contribution is -2.16. The number of benzene rings is 9. The minimum Gasteiger partial charge on any atom is -0.456 e. The van der Waals surface area contributed by atoms with E-state index in [-0.39, 0.29) is 5.41 Å². The van der Waals surface area contributed by atoms with Crippen molar-refractivity contribution in [2.75, 3.05) is 4.90 Å². The summed E-state index contributed by atoms with van der Waals surface area (Å²) >= 11 is 0. The molecule has 0 saturated heterocycles. The van der Waals surface area contributed by atoms with Crippen LogP contribution >= 0.6 is 0 Å². The minimum absolute atomic E-state index is 0.143. The van der Waals surface area contributed by atoms with Crippen molar-refractivity contribution in [2.24, 2.45) is 0 Å². The molecule has 9 aromatic carbocycles. The third kappa shape index (κ3) is 4.28. The fourth-order valence-electron chi connectivity index (χ4n) is 9.78. The molecule has 1 aliphatic heterocycles. The molecule has 1 aliphatic carbocycles. The van der Waals surface area contributed by atoms with Crippen molar-refractivity contribution >= 4 is 60.4 Å². The summed E-state index contributed by atoms with van der Waals surface area (Å²) in [5.74, 6) is 1.78. The Morgan fingerprint density at radius 2 is 1.09 bits per heavy atom. The molecule has 10 aromatic rings. The van der Waals surface area contributed by atoms with Gasteiger partial charge in [-0.3, -0.25) is 0 Å². The molecule has 1 aromatic heterocycles. The number of para-hydroxylation sites is 2. The number of hydrogen-bond donors (Lipinski definition) is 0. The van der Waals surface area contributed by atoms with Crippen LogP contribution in [0.25, 0.3) is 71.3 Å². The maximum absolute atomic E-state index is 6.59. The van der Waals surface area contributed by atoms with Crippen LogP contribution in [0.15, 0.2) is 182 Å². The van der Waals surface area contributed by atoms with Gasteiger partial charge in [0.2, 0.25) is 0 Å². The summed E-state index contributed by atoms with van der Waals surface area (Å²) in [5, 5.41) is 7.20. The van der Waals surface area contributed by atoms with Crippen molar-refractivity contribution in [3.05, 3.63) is 193 Å². The maximum atomic E-state index is 6.59. The number of anilines is 3. The molecular formula is C53H36N2O. The van der Waals surface area contributed by atoms with E-state index in [0.717, 1.165) is 44.9 Å². The Labute approximate surface area is 325 Å². The standard InChI is InChI=1S/C53H36N2O/c1-53(2)44-20-8-5-16-37(44)38-27-25-34(31-45(38)53)54(48-30-29-42-41-18-7-10-23-50(41)56-51-24-12-19-43(48)52(42)51)35-26-28-40-39-17-6-9-21-47(39)55(49(40)32-35)46-22-11-14-33-13-3-4-15-36(33)46/h3-32H,1-2H3. The lowest BCUT2D eigenvalue weighted by Gasteiger charge is -2.30. The molecule has 2 heterocycles. The SMILES string of the molecule is CC1(C)c2ccccc2-c2ccc(N(c3ccc4c5ccccc5n(-c5cccc6ccccc56)c4c3)c3ccc4c5c(cccc35)Oc3ccccc3-4)cc21. The van der Waals surface area contributed by atoms with E-state index >= 15 is 0 Å². The van der Waals surface area contributed by atoms with Crippen molar-refractivity contribution in [3.8, 4) is 39.4 Å². The monoisotopic (exact) mass is 716 g/mol. The fourth-order valence-corrected chi connectivity index (χ4v) is 9.78. The molecule has 0 fully saturated rings. The van der Waals surface area contributed by atoms with Crippen LogP contribution in [0.2, 0.25) is 0 Å². The fraction of sp³-hybridized carbons (Fsp3) is 0.0566. The molecule has 3 nitrogen and oxygen atoms in total. The van der Waals surface area contributed by atoms with Crippen LogP contribution in [0.1, 0.15) is 25.0 Å². The van der Waals surface area contributed by atoms with Gasteiger partial charge in [-0.15, -0.1) is 0 Å². The van der Waals surface area contributed by atoms with Crippen molar-refractivity contribution in [3.63, 3.8) is 0 Å². The maximum Gasteiger partial charge on any atom is 0.135 e. The second-order valence-corrected chi connectivity index (χ2v) is 15.7. The molecule has 0 unspecified atom stereocenters. The zero-order chi connectivity index (χ0) is 37.1. The molecule has 0 spiro atoms. The first kappa shape index (κ1) is 31.3. The van der Waals surface area contributed by atoms with E-state index in [0.29, 0.717) is 0 Å². The van der Waals surface area contributed by atoms with Gasteiger partial charge in [0.05, 0.1) is 22.4 Å². The Kier molecular flexibility index (Phi) is 6.40. The average Bonchev–Trinajstić information content (AvgIpc) is 3.69. The van der Waals surface area contributed by atoms with Crippen molar-refractivity contribution in [2.45, 2.75) is 19.3 Å². The number of nitrogens with zero attached hydrogens (tertiary/aromatic N) is 2. The van der Waals surface area contributed by atoms with E-state index in [2.05, 4.69) is 199 Å². The molecule has 0 atom stereocenters. The Balaban J connectivity index is 1.15. The highest BCUT2D eigenvalue weighted by Crippen LogP contribution is 2.53. The van der Waals surface area contributed by atoms with Crippen molar-refractivity contribution < 1.29 is 4.74 Å². The number of rotatable bonds is 4. The summed E-state index contributed by atoms with van der Waals surface area (Å²) in [6.45, 7) is 4.72. The van der Waals surface area contributed by atoms with Crippen LogP contribution in [0.3, 0.4) is 0 Å². The number of ether oxygens (including phenoxy) is 1. The van der Waals surface area contributed by atoms with Crippen LogP contribution in [-0.4, -0.2) is 4.57 Å². The van der Waals surface area contributed by atoms with E-state index in [1.54, 1.807) is 0 Å². The van der Waals surface area contributed by atoms with Gasteiger partial charge in [0.1, 0.15) is 11.5 Å². The Morgan fingerprint density at radius 1 is 0.446 bits per heavy atom. The molecule has 0 saturated carbocycles. The minimum atomic E-state index is -0.143. The molecular weight excluding hydrogens is 681 g/mol. The van der Waals surface area contributed by atoms with Crippen molar-refractivity contribution in [1.29, 1.82) is 0 Å². The molecule has 56 heavy (non-hydrogen) atoms. The lowest BCUT2D eigenvalue weighted by atomic mass is 9.82.